The summed E-state index contributed by atoms with van der Waals surface area (Å²) in [7, 11) is -3.70. The van der Waals surface area contributed by atoms with E-state index >= 15 is 0 Å². The van der Waals surface area contributed by atoms with Gasteiger partial charge in [-0.25, -0.2) is 17.9 Å². The first-order valence-corrected chi connectivity index (χ1v) is 7.32. The summed E-state index contributed by atoms with van der Waals surface area (Å²) in [6.07, 6.45) is 0. The number of nitrogens with one attached hydrogen (secondary N) is 1. The number of halogens is 1. The van der Waals surface area contributed by atoms with E-state index in [-0.39, 0.29) is 23.0 Å². The Kier molecular flexibility index (Phi) is 4.12. The third kappa shape index (κ3) is 3.38. The Bertz CT molecular complexity index is 721. The number of hydrogen-bond donors (Lipinski definition) is 2. The summed E-state index contributed by atoms with van der Waals surface area (Å²) in [6.45, 7) is -0.141. The molecule has 0 fully saturated rings. The lowest BCUT2D eigenvalue weighted by atomic mass is 10.4. The van der Waals surface area contributed by atoms with Crippen molar-refractivity contribution in [2.24, 2.45) is 0 Å². The molecule has 0 saturated heterocycles. The van der Waals surface area contributed by atoms with Gasteiger partial charge in [0.25, 0.3) is 0 Å². The molecule has 6 nitrogen and oxygen atoms in total. The van der Waals surface area contributed by atoms with Gasteiger partial charge in [0.1, 0.15) is 5.76 Å². The molecule has 2 rings (SSSR count). The zero-order chi connectivity index (χ0) is 14.8. The molecule has 0 unspecified atom stereocenters. The second-order valence-corrected chi connectivity index (χ2v) is 6.05. The molecule has 0 amide bonds. The number of hydrogen-bond acceptors (Lipinski definition) is 4. The van der Waals surface area contributed by atoms with Crippen molar-refractivity contribution in [2.45, 2.75) is 11.4 Å². The highest BCUT2D eigenvalue weighted by Gasteiger charge is 2.15. The van der Waals surface area contributed by atoms with Gasteiger partial charge in [-0.3, -0.25) is 0 Å². The maximum absolute atomic E-state index is 11.9. The van der Waals surface area contributed by atoms with E-state index < -0.39 is 16.0 Å². The normalized spacial score (nSPS) is 11.4. The van der Waals surface area contributed by atoms with Crippen LogP contribution >= 0.6 is 11.6 Å². The van der Waals surface area contributed by atoms with Crippen LogP contribution in [0.5, 0.6) is 0 Å². The molecule has 2 N–H and O–H groups in total. The number of benzene rings is 1. The minimum Gasteiger partial charge on any atom is -0.475 e. The molecule has 0 aliphatic rings. The summed E-state index contributed by atoms with van der Waals surface area (Å²) in [5, 5.41) is 9.12. The first-order chi connectivity index (χ1) is 9.38. The van der Waals surface area contributed by atoms with Crippen molar-refractivity contribution in [3.63, 3.8) is 0 Å². The summed E-state index contributed by atoms with van der Waals surface area (Å²) < 4.78 is 31.1. The van der Waals surface area contributed by atoms with Gasteiger partial charge in [-0.1, -0.05) is 11.6 Å². The molecule has 20 heavy (non-hydrogen) atoms. The Balaban J connectivity index is 2.08. The molecule has 0 atom stereocenters. The Hall–Kier alpha value is -1.83. The molecule has 1 aromatic carbocycles. The maximum Gasteiger partial charge on any atom is 0.371 e. The molecule has 1 heterocycles. The lowest BCUT2D eigenvalue weighted by Gasteiger charge is -2.05. The Labute approximate surface area is 120 Å². The van der Waals surface area contributed by atoms with Crippen molar-refractivity contribution >= 4 is 27.6 Å². The van der Waals surface area contributed by atoms with E-state index in [0.717, 1.165) is 0 Å². The maximum atomic E-state index is 11.9. The minimum absolute atomic E-state index is 0.0620. The average molecular weight is 316 g/mol. The van der Waals surface area contributed by atoms with Crippen LogP contribution in [0, 0.1) is 0 Å². The van der Waals surface area contributed by atoms with Crippen molar-refractivity contribution in [2.75, 3.05) is 0 Å². The Morgan fingerprint density at radius 1 is 1.20 bits per heavy atom. The van der Waals surface area contributed by atoms with Crippen molar-refractivity contribution in [3.05, 3.63) is 52.9 Å². The topological polar surface area (TPSA) is 96.6 Å². The highest BCUT2D eigenvalue weighted by molar-refractivity contribution is 7.89. The van der Waals surface area contributed by atoms with Crippen LogP contribution in [-0.2, 0) is 16.6 Å². The summed E-state index contributed by atoms with van der Waals surface area (Å²) >= 11 is 5.68. The molecule has 1 aromatic heterocycles. The number of sulfonamides is 1. The summed E-state index contributed by atoms with van der Waals surface area (Å²) in [5.74, 6) is -1.25. The highest BCUT2D eigenvalue weighted by atomic mass is 35.5. The van der Waals surface area contributed by atoms with E-state index in [9.17, 15) is 13.2 Å². The first-order valence-electron chi connectivity index (χ1n) is 5.46. The summed E-state index contributed by atoms with van der Waals surface area (Å²) in [6, 6.07) is 8.32. The van der Waals surface area contributed by atoms with Gasteiger partial charge in [0.05, 0.1) is 11.4 Å². The molecule has 106 valence electrons. The van der Waals surface area contributed by atoms with E-state index in [1.807, 2.05) is 0 Å². The number of carboxylic acid groups (broad SMARTS) is 1. The van der Waals surface area contributed by atoms with E-state index in [1.54, 1.807) is 0 Å². The predicted molar refractivity (Wildman–Crippen MR) is 71.1 cm³/mol. The molecule has 0 aliphatic carbocycles. The van der Waals surface area contributed by atoms with Crippen LogP contribution in [-0.4, -0.2) is 19.5 Å². The largest absolute Gasteiger partial charge is 0.475 e. The zero-order valence-electron chi connectivity index (χ0n) is 10.0. The predicted octanol–water partition coefficient (Wildman–Crippen LogP) is 2.11. The molecule has 0 spiro atoms. The van der Waals surface area contributed by atoms with Crippen LogP contribution in [0.1, 0.15) is 16.3 Å². The standard InChI is InChI=1S/C12H10ClNO5S/c13-8-1-4-10(5-2-8)20(17,18)14-7-9-3-6-11(19-9)12(15)16/h1-6,14H,7H2,(H,15,16). The monoisotopic (exact) mass is 315 g/mol. The third-order valence-corrected chi connectivity index (χ3v) is 4.10. The lowest BCUT2D eigenvalue weighted by Crippen LogP contribution is -2.22. The van der Waals surface area contributed by atoms with Crippen molar-refractivity contribution < 1.29 is 22.7 Å². The zero-order valence-corrected chi connectivity index (χ0v) is 11.6. The summed E-state index contributed by atoms with van der Waals surface area (Å²) in [5.41, 5.74) is 0. The van der Waals surface area contributed by atoms with Crippen LogP contribution in [0.25, 0.3) is 0 Å². The molecular formula is C12H10ClNO5S. The van der Waals surface area contributed by atoms with E-state index in [1.165, 1.54) is 36.4 Å². The summed E-state index contributed by atoms with van der Waals surface area (Å²) in [4.78, 5) is 10.7. The first kappa shape index (κ1) is 14.6. The quantitative estimate of drug-likeness (QED) is 0.880. The van der Waals surface area contributed by atoms with Gasteiger partial charge in [0.2, 0.25) is 15.8 Å². The van der Waals surface area contributed by atoms with Gasteiger partial charge in [-0.05, 0) is 36.4 Å². The van der Waals surface area contributed by atoms with Gasteiger partial charge in [0.15, 0.2) is 0 Å². The Morgan fingerprint density at radius 2 is 1.85 bits per heavy atom. The fraction of sp³-hybridized carbons (Fsp3) is 0.0833. The molecule has 0 saturated carbocycles. The second-order valence-electron chi connectivity index (χ2n) is 3.85. The number of carboxylic acids is 1. The minimum atomic E-state index is -3.70. The van der Waals surface area contributed by atoms with Crippen molar-refractivity contribution in [1.82, 2.24) is 4.72 Å². The van der Waals surface area contributed by atoms with E-state index in [2.05, 4.69) is 4.72 Å². The molecule has 0 aliphatic heterocycles. The van der Waals surface area contributed by atoms with Crippen LogP contribution < -0.4 is 4.72 Å². The van der Waals surface area contributed by atoms with Gasteiger partial charge in [-0.2, -0.15) is 0 Å². The van der Waals surface area contributed by atoms with Gasteiger partial charge < -0.3 is 9.52 Å². The Morgan fingerprint density at radius 3 is 2.40 bits per heavy atom. The SMILES string of the molecule is O=C(O)c1ccc(CNS(=O)(=O)c2ccc(Cl)cc2)o1. The molecule has 2 aromatic rings. The number of furan rings is 1. The average Bonchev–Trinajstić information content (AvgIpc) is 2.86. The van der Waals surface area contributed by atoms with Gasteiger partial charge in [-0.15, -0.1) is 0 Å². The van der Waals surface area contributed by atoms with Gasteiger partial charge >= 0.3 is 5.97 Å². The van der Waals surface area contributed by atoms with Crippen LogP contribution in [0.3, 0.4) is 0 Å². The third-order valence-electron chi connectivity index (χ3n) is 2.43. The highest BCUT2D eigenvalue weighted by Crippen LogP contribution is 2.15. The van der Waals surface area contributed by atoms with Crippen molar-refractivity contribution in [3.8, 4) is 0 Å². The smallest absolute Gasteiger partial charge is 0.371 e. The van der Waals surface area contributed by atoms with Gasteiger partial charge in [0, 0.05) is 5.02 Å². The fourth-order valence-electron chi connectivity index (χ4n) is 1.45. The van der Waals surface area contributed by atoms with Crippen LogP contribution in [0.4, 0.5) is 0 Å². The molecule has 8 heteroatoms. The number of aromatic carboxylic acids is 1. The molecular weight excluding hydrogens is 306 g/mol. The number of carbonyl (C=O) groups is 1. The fourth-order valence-corrected chi connectivity index (χ4v) is 2.57. The van der Waals surface area contributed by atoms with Crippen molar-refractivity contribution in [1.29, 1.82) is 0 Å². The molecule has 0 bridgehead atoms. The van der Waals surface area contributed by atoms with E-state index in [0.29, 0.717) is 5.02 Å². The second kappa shape index (κ2) is 5.66. The van der Waals surface area contributed by atoms with E-state index in [4.69, 9.17) is 21.1 Å². The molecule has 0 radical (unpaired) electrons. The lowest BCUT2D eigenvalue weighted by molar-refractivity contribution is 0.0660. The number of rotatable bonds is 5. The van der Waals surface area contributed by atoms with Crippen LogP contribution in [0.2, 0.25) is 5.02 Å². The van der Waals surface area contributed by atoms with Crippen LogP contribution in [0.15, 0.2) is 45.7 Å².